The van der Waals surface area contributed by atoms with Crippen molar-refractivity contribution >= 4 is 8.32 Å². The maximum absolute atomic E-state index is 12.9. The number of rotatable bonds is 13. The van der Waals surface area contributed by atoms with E-state index in [1.165, 1.54) is 6.20 Å². The highest BCUT2D eigenvalue weighted by atomic mass is 28.4. The molecule has 1 aromatic heterocycles. The number of aliphatic hydroxyl groups excluding tert-OH is 2. The molecule has 0 spiro atoms. The molecule has 2 aromatic carbocycles. The standard InChI is InChI=1S/C33H46N2O8Si/c1-23-18-35(31(39)34-29(23)38)30-28(37)33(41-20-25-15-11-8-12-16-25,17-26(36)21-42-44(5,6)32(2,3)4)27(43-30)22-40-19-24-13-9-7-10-14-24/h7-16,18,26-28,30,36-37H,17,19-22H2,1-6H3,(H,34,38,39)/t26-,27-,28-,30-,33-/m1/s1. The zero-order valence-corrected chi connectivity index (χ0v) is 27.5. The van der Waals surface area contributed by atoms with Gasteiger partial charge in [0, 0.05) is 18.2 Å². The number of hydrogen-bond donors (Lipinski definition) is 3. The van der Waals surface area contributed by atoms with Gasteiger partial charge in [-0.05, 0) is 36.2 Å². The van der Waals surface area contributed by atoms with Gasteiger partial charge in [-0.15, -0.1) is 0 Å². The minimum atomic E-state index is -2.20. The number of nitrogens with zero attached hydrogens (tertiary/aromatic N) is 1. The van der Waals surface area contributed by atoms with Crippen molar-refractivity contribution in [1.29, 1.82) is 0 Å². The van der Waals surface area contributed by atoms with E-state index >= 15 is 0 Å². The maximum Gasteiger partial charge on any atom is 0.330 e. The van der Waals surface area contributed by atoms with Crippen LogP contribution in [0.3, 0.4) is 0 Å². The van der Waals surface area contributed by atoms with Gasteiger partial charge in [-0.2, -0.15) is 0 Å². The molecule has 4 rings (SSSR count). The molecule has 3 aromatic rings. The third-order valence-electron chi connectivity index (χ3n) is 8.77. The molecule has 1 saturated heterocycles. The molecule has 2 heterocycles. The van der Waals surface area contributed by atoms with Crippen LogP contribution in [0.2, 0.25) is 18.1 Å². The molecule has 0 aliphatic carbocycles. The maximum atomic E-state index is 12.9. The van der Waals surface area contributed by atoms with Crippen molar-refractivity contribution in [3.05, 3.63) is 104 Å². The van der Waals surface area contributed by atoms with Gasteiger partial charge in [0.15, 0.2) is 14.5 Å². The van der Waals surface area contributed by atoms with E-state index in [-0.39, 0.29) is 43.5 Å². The van der Waals surface area contributed by atoms with Crippen LogP contribution in [-0.2, 0) is 31.9 Å². The summed E-state index contributed by atoms with van der Waals surface area (Å²) in [5, 5.41) is 23.4. The number of aromatic nitrogens is 2. The van der Waals surface area contributed by atoms with Gasteiger partial charge < -0.3 is 28.8 Å². The molecule has 0 unspecified atom stereocenters. The molecule has 10 nitrogen and oxygen atoms in total. The van der Waals surface area contributed by atoms with E-state index in [1.54, 1.807) is 6.92 Å². The highest BCUT2D eigenvalue weighted by Gasteiger charge is 2.59. The van der Waals surface area contributed by atoms with Crippen molar-refractivity contribution in [1.82, 2.24) is 9.55 Å². The summed E-state index contributed by atoms with van der Waals surface area (Å²) in [6, 6.07) is 19.1. The van der Waals surface area contributed by atoms with Gasteiger partial charge in [0.2, 0.25) is 0 Å². The second kappa shape index (κ2) is 14.0. The minimum absolute atomic E-state index is 0.00411. The molecular formula is C33H46N2O8Si. The highest BCUT2D eigenvalue weighted by molar-refractivity contribution is 6.74. The van der Waals surface area contributed by atoms with E-state index in [0.717, 1.165) is 15.7 Å². The largest absolute Gasteiger partial charge is 0.414 e. The fourth-order valence-corrected chi connectivity index (χ4v) is 6.09. The van der Waals surface area contributed by atoms with Crippen LogP contribution in [0.25, 0.3) is 0 Å². The number of ether oxygens (including phenoxy) is 3. The first-order valence-electron chi connectivity index (χ1n) is 15.0. The van der Waals surface area contributed by atoms with Gasteiger partial charge in [-0.25, -0.2) is 4.79 Å². The molecule has 0 bridgehead atoms. The Hall–Kier alpha value is -2.90. The van der Waals surface area contributed by atoms with Crippen LogP contribution in [0.4, 0.5) is 0 Å². The lowest BCUT2D eigenvalue weighted by atomic mass is 9.85. The quantitative estimate of drug-likeness (QED) is 0.242. The smallest absolute Gasteiger partial charge is 0.330 e. The molecular weight excluding hydrogens is 580 g/mol. The van der Waals surface area contributed by atoms with Gasteiger partial charge >= 0.3 is 5.69 Å². The summed E-state index contributed by atoms with van der Waals surface area (Å²) in [7, 11) is -2.20. The monoisotopic (exact) mass is 626 g/mol. The van der Waals surface area contributed by atoms with Crippen molar-refractivity contribution < 1.29 is 28.8 Å². The zero-order chi connectivity index (χ0) is 32.1. The summed E-state index contributed by atoms with van der Waals surface area (Å²) in [6.45, 7) is 12.6. The third-order valence-corrected chi connectivity index (χ3v) is 13.3. The summed E-state index contributed by atoms with van der Waals surface area (Å²) >= 11 is 0. The van der Waals surface area contributed by atoms with Crippen LogP contribution in [0.15, 0.2) is 76.4 Å². The fraction of sp³-hybridized carbons (Fsp3) is 0.515. The van der Waals surface area contributed by atoms with Crippen LogP contribution in [-0.4, -0.2) is 65.2 Å². The van der Waals surface area contributed by atoms with Crippen molar-refractivity contribution in [2.24, 2.45) is 0 Å². The summed E-state index contributed by atoms with van der Waals surface area (Å²) in [5.74, 6) is 0. The number of nitrogens with one attached hydrogen (secondary N) is 1. The molecule has 44 heavy (non-hydrogen) atoms. The first-order valence-corrected chi connectivity index (χ1v) is 17.9. The van der Waals surface area contributed by atoms with Gasteiger partial charge in [-0.1, -0.05) is 81.4 Å². The van der Waals surface area contributed by atoms with Crippen LogP contribution < -0.4 is 11.2 Å². The van der Waals surface area contributed by atoms with E-state index < -0.39 is 49.7 Å². The summed E-state index contributed by atoms with van der Waals surface area (Å²) in [5.41, 5.74) is -0.663. The average molecular weight is 627 g/mol. The average Bonchev–Trinajstić information content (AvgIpc) is 3.24. The summed E-state index contributed by atoms with van der Waals surface area (Å²) < 4.78 is 26.5. The zero-order valence-electron chi connectivity index (χ0n) is 26.5. The number of hydrogen-bond acceptors (Lipinski definition) is 8. The Morgan fingerprint density at radius 3 is 2.20 bits per heavy atom. The Kier molecular flexibility index (Phi) is 10.8. The Balaban J connectivity index is 1.69. The van der Waals surface area contributed by atoms with Gasteiger partial charge in [0.25, 0.3) is 5.56 Å². The SMILES string of the molecule is Cc1cn([C@@H]2O[C@H](COCc3ccccc3)[C@@](C[C@@H](O)CO[Si](C)(C)C(C)(C)C)(OCc3ccccc3)[C@@H]2O)c(=O)[nH]c1=O. The number of H-pyrrole nitrogens is 1. The second-order valence-corrected chi connectivity index (χ2v) is 17.9. The number of aryl methyl sites for hydroxylation is 1. The molecule has 0 radical (unpaired) electrons. The topological polar surface area (TPSA) is 132 Å². The fourth-order valence-electron chi connectivity index (χ4n) is 5.05. The first kappa shape index (κ1) is 34.0. The Bertz CT molecular complexity index is 1470. The second-order valence-electron chi connectivity index (χ2n) is 13.1. The van der Waals surface area contributed by atoms with E-state index in [4.69, 9.17) is 18.6 Å². The first-order chi connectivity index (χ1) is 20.7. The molecule has 1 fully saturated rings. The lowest BCUT2D eigenvalue weighted by molar-refractivity contribution is -0.169. The minimum Gasteiger partial charge on any atom is -0.414 e. The third kappa shape index (κ3) is 7.84. The predicted molar refractivity (Wildman–Crippen MR) is 170 cm³/mol. The van der Waals surface area contributed by atoms with Gasteiger partial charge in [0.05, 0.1) is 32.5 Å². The Labute approximate surface area is 259 Å². The summed E-state index contributed by atoms with van der Waals surface area (Å²) in [4.78, 5) is 27.3. The lowest BCUT2D eigenvalue weighted by Gasteiger charge is -2.40. The van der Waals surface area contributed by atoms with Gasteiger partial charge in [0.1, 0.15) is 17.8 Å². The normalized spacial score (nSPS) is 23.1. The van der Waals surface area contributed by atoms with Crippen LogP contribution in [0, 0.1) is 6.92 Å². The molecule has 240 valence electrons. The molecule has 0 saturated carbocycles. The van der Waals surface area contributed by atoms with Crippen molar-refractivity contribution in [3.8, 4) is 0 Å². The van der Waals surface area contributed by atoms with E-state index in [0.29, 0.717) is 0 Å². The van der Waals surface area contributed by atoms with Crippen molar-refractivity contribution in [3.63, 3.8) is 0 Å². The Morgan fingerprint density at radius 1 is 1.02 bits per heavy atom. The van der Waals surface area contributed by atoms with Gasteiger partial charge in [-0.3, -0.25) is 14.3 Å². The van der Waals surface area contributed by atoms with Crippen LogP contribution >= 0.6 is 0 Å². The number of aliphatic hydroxyl groups is 2. The van der Waals surface area contributed by atoms with E-state index in [2.05, 4.69) is 38.8 Å². The van der Waals surface area contributed by atoms with Crippen LogP contribution in [0.5, 0.6) is 0 Å². The predicted octanol–water partition coefficient (Wildman–Crippen LogP) is 4.05. The molecule has 11 heteroatoms. The van der Waals surface area contributed by atoms with Crippen LogP contribution in [0.1, 0.15) is 50.1 Å². The summed E-state index contributed by atoms with van der Waals surface area (Å²) in [6.07, 6.45) is -3.24. The molecule has 1 aliphatic rings. The Morgan fingerprint density at radius 2 is 1.61 bits per heavy atom. The van der Waals surface area contributed by atoms with E-state index in [1.807, 2.05) is 60.7 Å². The highest BCUT2D eigenvalue weighted by Crippen LogP contribution is 2.44. The molecule has 3 N–H and O–H groups in total. The number of benzene rings is 2. The van der Waals surface area contributed by atoms with Crippen molar-refractivity contribution in [2.75, 3.05) is 13.2 Å². The number of aromatic amines is 1. The van der Waals surface area contributed by atoms with Crippen molar-refractivity contribution in [2.45, 2.75) is 95.6 Å². The molecule has 1 aliphatic heterocycles. The molecule has 0 amide bonds. The lowest BCUT2D eigenvalue weighted by Crippen LogP contribution is -2.55. The molecule has 5 atom stereocenters. The van der Waals surface area contributed by atoms with E-state index in [9.17, 15) is 19.8 Å².